The highest BCUT2D eigenvalue weighted by molar-refractivity contribution is 9.10. The van der Waals surface area contributed by atoms with Gasteiger partial charge in [-0.1, -0.05) is 35.8 Å². The van der Waals surface area contributed by atoms with E-state index in [0.717, 1.165) is 19.5 Å². The molecule has 2 nitrogen and oxygen atoms in total. The SMILES string of the molecule is CC(C)NCC1NCCc2ccc(Br)cc21. The van der Waals surface area contributed by atoms with Crippen LogP contribution in [0.4, 0.5) is 0 Å². The van der Waals surface area contributed by atoms with Crippen LogP contribution in [0.15, 0.2) is 22.7 Å². The summed E-state index contributed by atoms with van der Waals surface area (Å²) < 4.78 is 1.17. The average molecular weight is 283 g/mol. The van der Waals surface area contributed by atoms with Crippen molar-refractivity contribution < 1.29 is 0 Å². The molecule has 2 rings (SSSR count). The quantitative estimate of drug-likeness (QED) is 0.891. The van der Waals surface area contributed by atoms with Crippen molar-refractivity contribution in [2.24, 2.45) is 0 Å². The molecule has 3 heteroatoms. The van der Waals surface area contributed by atoms with Crippen molar-refractivity contribution in [3.8, 4) is 0 Å². The molecule has 0 bridgehead atoms. The summed E-state index contributed by atoms with van der Waals surface area (Å²) in [6.45, 7) is 6.45. The van der Waals surface area contributed by atoms with Gasteiger partial charge in [0, 0.05) is 23.1 Å². The van der Waals surface area contributed by atoms with Crippen molar-refractivity contribution >= 4 is 15.9 Å². The first kappa shape index (κ1) is 12.1. The zero-order chi connectivity index (χ0) is 11.5. The summed E-state index contributed by atoms with van der Waals surface area (Å²) in [5.41, 5.74) is 2.92. The van der Waals surface area contributed by atoms with Gasteiger partial charge in [-0.05, 0) is 36.2 Å². The molecule has 16 heavy (non-hydrogen) atoms. The molecule has 0 radical (unpaired) electrons. The number of hydrogen-bond acceptors (Lipinski definition) is 2. The Kier molecular flexibility index (Phi) is 4.00. The fourth-order valence-electron chi connectivity index (χ4n) is 2.14. The van der Waals surface area contributed by atoms with Crippen molar-refractivity contribution in [1.82, 2.24) is 10.6 Å². The minimum Gasteiger partial charge on any atom is -0.313 e. The lowest BCUT2D eigenvalue weighted by molar-refractivity contribution is 0.447. The summed E-state index contributed by atoms with van der Waals surface area (Å²) in [7, 11) is 0. The molecule has 0 amide bonds. The van der Waals surface area contributed by atoms with Gasteiger partial charge in [-0.15, -0.1) is 0 Å². The van der Waals surface area contributed by atoms with E-state index in [1.165, 1.54) is 15.6 Å². The van der Waals surface area contributed by atoms with Crippen LogP contribution < -0.4 is 10.6 Å². The fraction of sp³-hybridized carbons (Fsp3) is 0.538. The largest absolute Gasteiger partial charge is 0.313 e. The van der Waals surface area contributed by atoms with Crippen molar-refractivity contribution in [2.45, 2.75) is 32.4 Å². The Bertz CT molecular complexity index is 363. The molecular weight excluding hydrogens is 264 g/mol. The number of benzene rings is 1. The lowest BCUT2D eigenvalue weighted by atomic mass is 9.94. The normalized spacial score (nSPS) is 19.9. The maximum Gasteiger partial charge on any atom is 0.0450 e. The maximum atomic E-state index is 3.57. The van der Waals surface area contributed by atoms with E-state index < -0.39 is 0 Å². The zero-order valence-corrected chi connectivity index (χ0v) is 11.5. The maximum absolute atomic E-state index is 3.57. The lowest BCUT2D eigenvalue weighted by Gasteiger charge is -2.28. The van der Waals surface area contributed by atoms with Crippen molar-refractivity contribution in [2.75, 3.05) is 13.1 Å². The van der Waals surface area contributed by atoms with Crippen LogP contribution >= 0.6 is 15.9 Å². The van der Waals surface area contributed by atoms with Crippen LogP contribution in [-0.2, 0) is 6.42 Å². The smallest absolute Gasteiger partial charge is 0.0450 e. The summed E-state index contributed by atoms with van der Waals surface area (Å²) in [6.07, 6.45) is 1.14. The molecule has 0 saturated heterocycles. The third kappa shape index (κ3) is 2.84. The zero-order valence-electron chi connectivity index (χ0n) is 9.89. The second kappa shape index (κ2) is 5.30. The Hall–Kier alpha value is -0.380. The molecule has 0 aromatic heterocycles. The Balaban J connectivity index is 2.15. The Labute approximate surface area is 106 Å². The minimum atomic E-state index is 0.448. The average Bonchev–Trinajstić information content (AvgIpc) is 2.26. The molecule has 1 aliphatic heterocycles. The number of rotatable bonds is 3. The molecule has 0 aliphatic carbocycles. The highest BCUT2D eigenvalue weighted by Gasteiger charge is 2.19. The number of fused-ring (bicyclic) bond motifs is 1. The van der Waals surface area contributed by atoms with E-state index in [-0.39, 0.29) is 0 Å². The summed E-state index contributed by atoms with van der Waals surface area (Å²) in [5.74, 6) is 0. The third-order valence-corrected chi connectivity index (χ3v) is 3.49. The number of nitrogens with one attached hydrogen (secondary N) is 2. The molecule has 0 saturated carbocycles. The summed E-state index contributed by atoms with van der Waals surface area (Å²) in [5, 5.41) is 7.07. The van der Waals surface area contributed by atoms with E-state index in [1.54, 1.807) is 0 Å². The van der Waals surface area contributed by atoms with E-state index in [9.17, 15) is 0 Å². The summed E-state index contributed by atoms with van der Waals surface area (Å²) in [4.78, 5) is 0. The molecule has 0 fully saturated rings. The van der Waals surface area contributed by atoms with Gasteiger partial charge in [-0.25, -0.2) is 0 Å². The Morgan fingerprint density at radius 1 is 1.50 bits per heavy atom. The van der Waals surface area contributed by atoms with E-state index >= 15 is 0 Å². The first-order valence-electron chi connectivity index (χ1n) is 5.92. The first-order valence-corrected chi connectivity index (χ1v) is 6.71. The minimum absolute atomic E-state index is 0.448. The fourth-order valence-corrected chi connectivity index (χ4v) is 2.52. The van der Waals surface area contributed by atoms with Crippen LogP contribution in [0.3, 0.4) is 0 Å². The van der Waals surface area contributed by atoms with E-state index in [0.29, 0.717) is 12.1 Å². The van der Waals surface area contributed by atoms with Gasteiger partial charge in [-0.3, -0.25) is 0 Å². The van der Waals surface area contributed by atoms with Crippen LogP contribution in [0.5, 0.6) is 0 Å². The molecule has 1 aromatic carbocycles. The molecule has 1 aromatic rings. The Morgan fingerprint density at radius 2 is 2.31 bits per heavy atom. The second-order valence-electron chi connectivity index (χ2n) is 4.66. The van der Waals surface area contributed by atoms with Gasteiger partial charge < -0.3 is 10.6 Å². The number of halogens is 1. The van der Waals surface area contributed by atoms with Crippen molar-refractivity contribution in [3.05, 3.63) is 33.8 Å². The first-order chi connectivity index (χ1) is 7.66. The van der Waals surface area contributed by atoms with Gasteiger partial charge in [0.25, 0.3) is 0 Å². The van der Waals surface area contributed by atoms with Gasteiger partial charge in [0.15, 0.2) is 0 Å². The topological polar surface area (TPSA) is 24.1 Å². The van der Waals surface area contributed by atoms with Gasteiger partial charge in [-0.2, -0.15) is 0 Å². The van der Waals surface area contributed by atoms with Gasteiger partial charge in [0.2, 0.25) is 0 Å². The van der Waals surface area contributed by atoms with E-state index in [1.807, 2.05) is 0 Å². The van der Waals surface area contributed by atoms with E-state index in [2.05, 4.69) is 58.6 Å². The van der Waals surface area contributed by atoms with Gasteiger partial charge in [0.1, 0.15) is 0 Å². The summed E-state index contributed by atoms with van der Waals surface area (Å²) in [6, 6.07) is 7.61. The predicted molar refractivity (Wildman–Crippen MR) is 71.7 cm³/mol. The molecule has 1 unspecified atom stereocenters. The molecule has 88 valence electrons. The molecule has 1 atom stereocenters. The van der Waals surface area contributed by atoms with Gasteiger partial charge in [0.05, 0.1) is 0 Å². The van der Waals surface area contributed by atoms with Crippen LogP contribution in [0.2, 0.25) is 0 Å². The molecule has 1 aliphatic rings. The van der Waals surface area contributed by atoms with Crippen molar-refractivity contribution in [3.63, 3.8) is 0 Å². The Morgan fingerprint density at radius 3 is 3.06 bits per heavy atom. The molecule has 2 N–H and O–H groups in total. The van der Waals surface area contributed by atoms with Crippen LogP contribution in [0.1, 0.15) is 31.0 Å². The van der Waals surface area contributed by atoms with Crippen LogP contribution in [-0.4, -0.2) is 19.1 Å². The second-order valence-corrected chi connectivity index (χ2v) is 5.58. The summed E-state index contributed by atoms with van der Waals surface area (Å²) >= 11 is 3.55. The molecule has 0 spiro atoms. The van der Waals surface area contributed by atoms with Gasteiger partial charge >= 0.3 is 0 Å². The third-order valence-electron chi connectivity index (χ3n) is 3.00. The predicted octanol–water partition coefficient (Wildman–Crippen LogP) is 2.63. The van der Waals surface area contributed by atoms with Crippen molar-refractivity contribution in [1.29, 1.82) is 0 Å². The van der Waals surface area contributed by atoms with Crippen LogP contribution in [0, 0.1) is 0 Å². The molecular formula is C13H19BrN2. The number of hydrogen-bond donors (Lipinski definition) is 2. The van der Waals surface area contributed by atoms with E-state index in [4.69, 9.17) is 0 Å². The highest BCUT2D eigenvalue weighted by Crippen LogP contribution is 2.25. The highest BCUT2D eigenvalue weighted by atomic mass is 79.9. The standard InChI is InChI=1S/C13H19BrN2/c1-9(2)16-8-13-12-7-11(14)4-3-10(12)5-6-15-13/h3-4,7,9,13,15-16H,5-6,8H2,1-2H3. The molecule has 1 heterocycles. The lowest BCUT2D eigenvalue weighted by Crippen LogP contribution is -2.38. The van der Waals surface area contributed by atoms with Crippen LogP contribution in [0.25, 0.3) is 0 Å². The monoisotopic (exact) mass is 282 g/mol.